The fourth-order valence-corrected chi connectivity index (χ4v) is 5.55. The van der Waals surface area contributed by atoms with Crippen molar-refractivity contribution in [1.29, 1.82) is 0 Å². The van der Waals surface area contributed by atoms with Crippen LogP contribution >= 0.6 is 0 Å². The maximum absolute atomic E-state index is 13.1. The number of aromatic nitrogens is 2. The summed E-state index contributed by atoms with van der Waals surface area (Å²) in [5, 5.41) is 7.32. The second kappa shape index (κ2) is 7.87. The number of carbonyl (C=O) groups excluding carboxylic acids is 2. The fraction of sp³-hybridized carbons (Fsp3) is 0.478. The van der Waals surface area contributed by atoms with Crippen molar-refractivity contribution >= 4 is 11.8 Å². The summed E-state index contributed by atoms with van der Waals surface area (Å²) in [6.07, 6.45) is 6.03. The summed E-state index contributed by atoms with van der Waals surface area (Å²) >= 11 is 0. The predicted octanol–water partition coefficient (Wildman–Crippen LogP) is 1.40. The molecule has 2 aliphatic heterocycles. The zero-order valence-corrected chi connectivity index (χ0v) is 17.1. The Labute approximate surface area is 176 Å². The van der Waals surface area contributed by atoms with E-state index in [-0.39, 0.29) is 29.7 Å². The lowest BCUT2D eigenvalue weighted by atomic mass is 9.94. The molecule has 3 heterocycles. The summed E-state index contributed by atoms with van der Waals surface area (Å²) in [4.78, 5) is 29.5. The van der Waals surface area contributed by atoms with E-state index in [4.69, 9.17) is 5.73 Å². The normalized spacial score (nSPS) is 25.5. The molecule has 3 N–H and O–H groups in total. The highest BCUT2D eigenvalue weighted by atomic mass is 16.2. The van der Waals surface area contributed by atoms with E-state index in [0.29, 0.717) is 18.8 Å². The average molecular weight is 407 g/mol. The minimum atomic E-state index is -0.304. The summed E-state index contributed by atoms with van der Waals surface area (Å²) in [7, 11) is 0. The Hall–Kier alpha value is -2.67. The number of carbonyl (C=O) groups is 2. The Morgan fingerprint density at radius 1 is 1.17 bits per heavy atom. The third-order valence-corrected chi connectivity index (χ3v) is 6.94. The van der Waals surface area contributed by atoms with Crippen LogP contribution in [-0.2, 0) is 17.6 Å². The Kier molecular flexibility index (Phi) is 5.06. The van der Waals surface area contributed by atoms with Crippen molar-refractivity contribution in [2.45, 2.75) is 31.7 Å². The van der Waals surface area contributed by atoms with Gasteiger partial charge in [0.1, 0.15) is 0 Å². The summed E-state index contributed by atoms with van der Waals surface area (Å²) in [6.45, 7) is 2.87. The van der Waals surface area contributed by atoms with Crippen molar-refractivity contribution in [2.24, 2.45) is 17.6 Å². The number of H-pyrrole nitrogens is 1. The number of nitrogens with one attached hydrogen (secondary N) is 1. The van der Waals surface area contributed by atoms with Crippen LogP contribution in [0.25, 0.3) is 0 Å². The molecule has 7 nitrogen and oxygen atoms in total. The standard InChI is InChI=1S/C23H28N5O2/c24-22(29)21-18-14-28(23(30)20-17-9-4-10-19(17)25-26-20)13-16(18)12-27(21)11-5-8-15-6-2-1-3-7-15/h1-3,6-8,16,18,21H,4-5,9-14H2,(H2,24,29)(H,25,26)/t16?,18-,21?/m1/s1. The monoisotopic (exact) mass is 406 g/mol. The lowest BCUT2D eigenvalue weighted by Gasteiger charge is -2.27. The van der Waals surface area contributed by atoms with E-state index in [1.165, 1.54) is 5.56 Å². The van der Waals surface area contributed by atoms with E-state index in [1.54, 1.807) is 0 Å². The van der Waals surface area contributed by atoms with Crippen LogP contribution < -0.4 is 5.73 Å². The molecule has 1 aromatic heterocycles. The molecule has 7 heteroatoms. The van der Waals surface area contributed by atoms with E-state index >= 15 is 0 Å². The van der Waals surface area contributed by atoms with Crippen molar-refractivity contribution in [3.8, 4) is 0 Å². The number of likely N-dealkylation sites (tertiary alicyclic amines) is 2. The van der Waals surface area contributed by atoms with Crippen LogP contribution in [0.1, 0.15) is 40.2 Å². The highest BCUT2D eigenvalue weighted by Gasteiger charge is 2.50. The molecule has 30 heavy (non-hydrogen) atoms. The van der Waals surface area contributed by atoms with Crippen molar-refractivity contribution < 1.29 is 9.59 Å². The van der Waals surface area contributed by atoms with E-state index in [9.17, 15) is 9.59 Å². The molecular weight excluding hydrogens is 378 g/mol. The number of hydrogen-bond acceptors (Lipinski definition) is 4. The summed E-state index contributed by atoms with van der Waals surface area (Å²) in [6, 6.07) is 9.92. The predicted molar refractivity (Wildman–Crippen MR) is 113 cm³/mol. The second-order valence-corrected chi connectivity index (χ2v) is 8.76. The van der Waals surface area contributed by atoms with Gasteiger partial charge in [-0.05, 0) is 50.1 Å². The van der Waals surface area contributed by atoms with Crippen LogP contribution in [-0.4, -0.2) is 64.0 Å². The van der Waals surface area contributed by atoms with Gasteiger partial charge in [-0.25, -0.2) is 0 Å². The van der Waals surface area contributed by atoms with E-state index in [0.717, 1.165) is 50.0 Å². The fourth-order valence-electron chi connectivity index (χ4n) is 5.55. The first-order chi connectivity index (χ1) is 14.6. The Morgan fingerprint density at radius 2 is 2.00 bits per heavy atom. The highest BCUT2D eigenvalue weighted by Crippen LogP contribution is 2.37. The molecule has 1 radical (unpaired) electrons. The van der Waals surface area contributed by atoms with E-state index in [1.807, 2.05) is 23.1 Å². The van der Waals surface area contributed by atoms with Crippen LogP contribution in [0.5, 0.6) is 0 Å². The zero-order chi connectivity index (χ0) is 20.7. The van der Waals surface area contributed by atoms with Crippen molar-refractivity contribution in [1.82, 2.24) is 20.0 Å². The number of aromatic amines is 1. The molecule has 2 aromatic rings. The maximum atomic E-state index is 13.1. The summed E-state index contributed by atoms with van der Waals surface area (Å²) in [5.74, 6) is 0.110. The number of hydrogen-bond donors (Lipinski definition) is 2. The second-order valence-electron chi connectivity index (χ2n) is 8.76. The maximum Gasteiger partial charge on any atom is 0.274 e. The number of fused-ring (bicyclic) bond motifs is 2. The van der Waals surface area contributed by atoms with Gasteiger partial charge in [-0.3, -0.25) is 19.6 Å². The lowest BCUT2D eigenvalue weighted by Crippen LogP contribution is -2.46. The van der Waals surface area contributed by atoms with E-state index < -0.39 is 0 Å². The van der Waals surface area contributed by atoms with Gasteiger partial charge in [-0.15, -0.1) is 0 Å². The van der Waals surface area contributed by atoms with Gasteiger partial charge in [0.2, 0.25) is 5.91 Å². The molecule has 1 aromatic carbocycles. The first kappa shape index (κ1) is 19.3. The SMILES string of the molecule is NC(=O)C1[C@@H]2CN(C(=O)c3n[nH]c4c3CCC4)CC2CN1CC[CH]c1ccccc1. The smallest absolute Gasteiger partial charge is 0.274 e. The summed E-state index contributed by atoms with van der Waals surface area (Å²) in [5.41, 5.74) is 9.76. The Balaban J connectivity index is 1.23. The third kappa shape index (κ3) is 3.41. The number of nitrogens with two attached hydrogens (primary N) is 1. The van der Waals surface area contributed by atoms with Gasteiger partial charge in [0.05, 0.1) is 6.04 Å². The Bertz CT molecular complexity index is 940. The number of nitrogens with zero attached hydrogens (tertiary/aromatic N) is 3. The molecule has 2 unspecified atom stereocenters. The largest absolute Gasteiger partial charge is 0.368 e. The molecular formula is C23H28N5O2. The zero-order valence-electron chi connectivity index (χ0n) is 17.1. The van der Waals surface area contributed by atoms with Gasteiger partial charge in [-0.1, -0.05) is 30.3 Å². The molecule has 2 fully saturated rings. The van der Waals surface area contributed by atoms with Gasteiger partial charge >= 0.3 is 0 Å². The van der Waals surface area contributed by atoms with Gasteiger partial charge in [0, 0.05) is 36.8 Å². The molecule has 3 aliphatic rings. The molecule has 1 aliphatic carbocycles. The number of amides is 2. The number of benzene rings is 1. The van der Waals surface area contributed by atoms with Crippen LogP contribution in [0, 0.1) is 18.3 Å². The number of aryl methyl sites for hydroxylation is 1. The summed E-state index contributed by atoms with van der Waals surface area (Å²) < 4.78 is 0. The van der Waals surface area contributed by atoms with Crippen LogP contribution in [0.4, 0.5) is 0 Å². The van der Waals surface area contributed by atoms with Crippen LogP contribution in [0.3, 0.4) is 0 Å². The molecule has 2 saturated heterocycles. The quantitative estimate of drug-likeness (QED) is 0.758. The molecule has 0 spiro atoms. The average Bonchev–Trinajstić information content (AvgIpc) is 3.48. The Morgan fingerprint density at radius 3 is 2.80 bits per heavy atom. The van der Waals surface area contributed by atoms with Crippen molar-refractivity contribution in [2.75, 3.05) is 26.2 Å². The van der Waals surface area contributed by atoms with Crippen molar-refractivity contribution in [3.63, 3.8) is 0 Å². The molecule has 0 bridgehead atoms. The van der Waals surface area contributed by atoms with Gasteiger partial charge in [0.15, 0.2) is 5.69 Å². The number of rotatable bonds is 6. The first-order valence-corrected chi connectivity index (χ1v) is 10.9. The van der Waals surface area contributed by atoms with E-state index in [2.05, 4.69) is 33.7 Å². The topological polar surface area (TPSA) is 95.3 Å². The molecule has 3 atom stereocenters. The molecule has 0 saturated carbocycles. The molecule has 5 rings (SSSR count). The minimum absolute atomic E-state index is 0.00372. The third-order valence-electron chi connectivity index (χ3n) is 6.94. The van der Waals surface area contributed by atoms with Crippen LogP contribution in [0.2, 0.25) is 0 Å². The van der Waals surface area contributed by atoms with Gasteiger partial charge in [-0.2, -0.15) is 5.10 Å². The number of primary amides is 1. The van der Waals surface area contributed by atoms with Crippen molar-refractivity contribution in [3.05, 3.63) is 59.3 Å². The molecule has 157 valence electrons. The van der Waals surface area contributed by atoms with Crippen LogP contribution in [0.15, 0.2) is 30.3 Å². The van der Waals surface area contributed by atoms with Gasteiger partial charge in [0.25, 0.3) is 5.91 Å². The lowest BCUT2D eigenvalue weighted by molar-refractivity contribution is -0.123. The van der Waals surface area contributed by atoms with Gasteiger partial charge < -0.3 is 10.6 Å². The highest BCUT2D eigenvalue weighted by molar-refractivity contribution is 5.94. The first-order valence-electron chi connectivity index (χ1n) is 10.9. The molecule has 2 amide bonds. The minimum Gasteiger partial charge on any atom is -0.368 e.